The molecule has 2 rings (SSSR count). The zero-order valence-electron chi connectivity index (χ0n) is 12.7. The smallest absolute Gasteiger partial charge is 0.224 e. The number of nitrogens with two attached hydrogens (primary N) is 1. The van der Waals surface area contributed by atoms with Crippen molar-refractivity contribution in [3.05, 3.63) is 29.8 Å². The highest BCUT2D eigenvalue weighted by Crippen LogP contribution is 2.33. The van der Waals surface area contributed by atoms with Gasteiger partial charge >= 0.3 is 0 Å². The van der Waals surface area contributed by atoms with Crippen LogP contribution in [0.1, 0.15) is 37.8 Å². The lowest BCUT2D eigenvalue weighted by molar-refractivity contribution is -0.132. The van der Waals surface area contributed by atoms with Crippen LogP contribution in [0.2, 0.25) is 0 Å². The van der Waals surface area contributed by atoms with Gasteiger partial charge in [0, 0.05) is 38.8 Å². The number of carbonyl (C=O) groups is 1. The molecule has 1 aromatic carbocycles. The van der Waals surface area contributed by atoms with Gasteiger partial charge in [0.25, 0.3) is 0 Å². The number of hydrogen-bond donors (Lipinski definition) is 1. The number of hydrogen-bond acceptors (Lipinski definition) is 3. The Hall–Kier alpha value is -1.55. The Morgan fingerprint density at radius 1 is 1.50 bits per heavy atom. The summed E-state index contributed by atoms with van der Waals surface area (Å²) in [6, 6.07) is 8.60. The fourth-order valence-corrected chi connectivity index (χ4v) is 2.81. The molecule has 2 unspecified atom stereocenters. The molecule has 4 nitrogen and oxygen atoms in total. The number of benzene rings is 1. The molecule has 0 spiro atoms. The highest BCUT2D eigenvalue weighted by atomic mass is 16.2. The molecule has 0 aliphatic carbocycles. The van der Waals surface area contributed by atoms with Crippen LogP contribution in [0.15, 0.2) is 24.3 Å². The van der Waals surface area contributed by atoms with E-state index in [4.69, 9.17) is 5.73 Å². The summed E-state index contributed by atoms with van der Waals surface area (Å²) < 4.78 is 0. The van der Waals surface area contributed by atoms with Crippen molar-refractivity contribution in [3.8, 4) is 0 Å². The summed E-state index contributed by atoms with van der Waals surface area (Å²) in [4.78, 5) is 16.4. The molecule has 110 valence electrons. The van der Waals surface area contributed by atoms with Gasteiger partial charge in [0.15, 0.2) is 0 Å². The van der Waals surface area contributed by atoms with Gasteiger partial charge in [-0.2, -0.15) is 0 Å². The van der Waals surface area contributed by atoms with Crippen molar-refractivity contribution in [1.82, 2.24) is 4.90 Å². The van der Waals surface area contributed by atoms with E-state index < -0.39 is 0 Å². The minimum Gasteiger partial charge on any atom is -0.378 e. The first-order valence-corrected chi connectivity index (χ1v) is 7.31. The van der Waals surface area contributed by atoms with E-state index in [1.807, 2.05) is 25.9 Å². The molecule has 1 heterocycles. The first-order chi connectivity index (χ1) is 9.49. The second-order valence-corrected chi connectivity index (χ2v) is 5.92. The number of rotatable bonds is 4. The summed E-state index contributed by atoms with van der Waals surface area (Å²) in [5.41, 5.74) is 8.16. The minimum atomic E-state index is -0.0724. The Labute approximate surface area is 121 Å². The number of amides is 1. The van der Waals surface area contributed by atoms with Gasteiger partial charge in [-0.15, -0.1) is 0 Å². The summed E-state index contributed by atoms with van der Waals surface area (Å²) in [6.07, 6.45) is 2.55. The van der Waals surface area contributed by atoms with E-state index in [0.29, 0.717) is 6.42 Å². The van der Waals surface area contributed by atoms with Gasteiger partial charge < -0.3 is 15.5 Å². The van der Waals surface area contributed by atoms with Crippen LogP contribution in [0, 0.1) is 0 Å². The van der Waals surface area contributed by atoms with E-state index >= 15 is 0 Å². The Kier molecular flexibility index (Phi) is 4.65. The summed E-state index contributed by atoms with van der Waals surface area (Å²) in [5, 5.41) is 0. The van der Waals surface area contributed by atoms with Gasteiger partial charge in [-0.25, -0.2) is 0 Å². The van der Waals surface area contributed by atoms with Crippen molar-refractivity contribution in [1.29, 1.82) is 0 Å². The molecule has 0 bridgehead atoms. The van der Waals surface area contributed by atoms with Crippen molar-refractivity contribution in [2.75, 3.05) is 25.5 Å². The van der Waals surface area contributed by atoms with Crippen LogP contribution in [-0.4, -0.2) is 37.5 Å². The Morgan fingerprint density at radius 3 is 2.90 bits per heavy atom. The topological polar surface area (TPSA) is 49.6 Å². The molecule has 1 aliphatic rings. The molecule has 0 radical (unpaired) electrons. The zero-order chi connectivity index (χ0) is 14.7. The third-order valence-corrected chi connectivity index (χ3v) is 3.84. The van der Waals surface area contributed by atoms with Gasteiger partial charge in [0.05, 0.1) is 6.04 Å². The van der Waals surface area contributed by atoms with Crippen LogP contribution in [-0.2, 0) is 4.79 Å². The number of nitrogens with zero attached hydrogens (tertiary/aromatic N) is 2. The van der Waals surface area contributed by atoms with Crippen LogP contribution in [0.4, 0.5) is 5.69 Å². The SMILES string of the molecule is CC(N)CC(=O)N1CCCC1c1cccc(N(C)C)c1. The third kappa shape index (κ3) is 3.31. The Bertz CT molecular complexity index is 471. The largest absolute Gasteiger partial charge is 0.378 e. The maximum Gasteiger partial charge on any atom is 0.224 e. The lowest BCUT2D eigenvalue weighted by atomic mass is 10.0. The zero-order valence-corrected chi connectivity index (χ0v) is 12.7. The first-order valence-electron chi connectivity index (χ1n) is 7.31. The normalized spacial score (nSPS) is 20.0. The van der Waals surface area contributed by atoms with E-state index in [0.717, 1.165) is 19.4 Å². The van der Waals surface area contributed by atoms with Crippen molar-refractivity contribution >= 4 is 11.6 Å². The van der Waals surface area contributed by atoms with E-state index in [9.17, 15) is 4.79 Å². The van der Waals surface area contributed by atoms with Gasteiger partial charge in [0.2, 0.25) is 5.91 Å². The molecular weight excluding hydrogens is 250 g/mol. The van der Waals surface area contributed by atoms with Gasteiger partial charge in [0.1, 0.15) is 0 Å². The molecule has 1 aliphatic heterocycles. The van der Waals surface area contributed by atoms with E-state index in [1.165, 1.54) is 11.3 Å². The second-order valence-electron chi connectivity index (χ2n) is 5.92. The van der Waals surface area contributed by atoms with E-state index in [1.54, 1.807) is 0 Å². The molecule has 2 N–H and O–H groups in total. The van der Waals surface area contributed by atoms with Crippen molar-refractivity contribution in [2.45, 2.75) is 38.3 Å². The fourth-order valence-electron chi connectivity index (χ4n) is 2.81. The predicted octanol–water partition coefficient (Wildman–Crippen LogP) is 2.15. The Balaban J connectivity index is 2.18. The van der Waals surface area contributed by atoms with Gasteiger partial charge in [-0.05, 0) is 37.5 Å². The molecule has 1 saturated heterocycles. The van der Waals surface area contributed by atoms with Crippen LogP contribution >= 0.6 is 0 Å². The highest BCUT2D eigenvalue weighted by molar-refractivity contribution is 5.77. The van der Waals surface area contributed by atoms with E-state index in [-0.39, 0.29) is 18.0 Å². The average Bonchev–Trinajstić information content (AvgIpc) is 2.87. The van der Waals surface area contributed by atoms with Gasteiger partial charge in [-0.1, -0.05) is 12.1 Å². The average molecular weight is 275 g/mol. The second kappa shape index (κ2) is 6.27. The maximum absolute atomic E-state index is 12.3. The lowest BCUT2D eigenvalue weighted by Gasteiger charge is -2.26. The standard InChI is InChI=1S/C16H25N3O/c1-12(17)10-16(20)19-9-5-8-15(19)13-6-4-7-14(11-13)18(2)3/h4,6-7,11-12,15H,5,8-10,17H2,1-3H3. The van der Waals surface area contributed by atoms with Gasteiger partial charge in [-0.3, -0.25) is 4.79 Å². The van der Waals surface area contributed by atoms with Crippen molar-refractivity contribution in [3.63, 3.8) is 0 Å². The highest BCUT2D eigenvalue weighted by Gasteiger charge is 2.30. The van der Waals surface area contributed by atoms with E-state index in [2.05, 4.69) is 29.2 Å². The summed E-state index contributed by atoms with van der Waals surface area (Å²) in [6.45, 7) is 2.73. The molecule has 0 saturated carbocycles. The molecule has 4 heteroatoms. The predicted molar refractivity (Wildman–Crippen MR) is 82.7 cm³/mol. The van der Waals surface area contributed by atoms with Crippen LogP contribution < -0.4 is 10.6 Å². The molecule has 2 atom stereocenters. The quantitative estimate of drug-likeness (QED) is 0.916. The summed E-state index contributed by atoms with van der Waals surface area (Å²) in [5.74, 6) is 0.178. The summed E-state index contributed by atoms with van der Waals surface area (Å²) in [7, 11) is 4.07. The third-order valence-electron chi connectivity index (χ3n) is 3.84. The van der Waals surface area contributed by atoms with Crippen molar-refractivity contribution in [2.24, 2.45) is 5.73 Å². The molecular formula is C16H25N3O. The van der Waals surface area contributed by atoms with Crippen LogP contribution in [0.5, 0.6) is 0 Å². The summed E-state index contributed by atoms with van der Waals surface area (Å²) >= 11 is 0. The molecule has 20 heavy (non-hydrogen) atoms. The number of likely N-dealkylation sites (tertiary alicyclic amines) is 1. The number of anilines is 1. The molecule has 0 aromatic heterocycles. The maximum atomic E-state index is 12.3. The lowest BCUT2D eigenvalue weighted by Crippen LogP contribution is -2.34. The van der Waals surface area contributed by atoms with Crippen LogP contribution in [0.25, 0.3) is 0 Å². The number of carbonyl (C=O) groups excluding carboxylic acids is 1. The fraction of sp³-hybridized carbons (Fsp3) is 0.562. The van der Waals surface area contributed by atoms with Crippen molar-refractivity contribution < 1.29 is 4.79 Å². The van der Waals surface area contributed by atoms with Crippen LogP contribution in [0.3, 0.4) is 0 Å². The molecule has 1 aromatic rings. The minimum absolute atomic E-state index is 0.0724. The molecule has 1 amide bonds. The Morgan fingerprint density at radius 2 is 2.25 bits per heavy atom. The monoisotopic (exact) mass is 275 g/mol. The molecule has 1 fully saturated rings. The first kappa shape index (κ1) is 14.9.